The SMILES string of the molecule is CCC1(C(O)(C#CCN2CCCCCC2)c2ccccc2)CCCC1. The van der Waals surface area contributed by atoms with Gasteiger partial charge in [-0.25, -0.2) is 0 Å². The second-order valence-electron chi connectivity index (χ2n) is 7.91. The molecule has 3 rings (SSSR count). The summed E-state index contributed by atoms with van der Waals surface area (Å²) in [6.45, 7) is 5.30. The molecule has 1 aromatic rings. The first kappa shape index (κ1) is 18.5. The van der Waals surface area contributed by atoms with Gasteiger partial charge in [0.1, 0.15) is 0 Å². The topological polar surface area (TPSA) is 23.5 Å². The zero-order valence-corrected chi connectivity index (χ0v) is 15.8. The van der Waals surface area contributed by atoms with Gasteiger partial charge in [0.15, 0.2) is 5.60 Å². The Balaban J connectivity index is 1.86. The van der Waals surface area contributed by atoms with Gasteiger partial charge in [-0.15, -0.1) is 0 Å². The first-order valence-electron chi connectivity index (χ1n) is 10.2. The molecule has 0 spiro atoms. The van der Waals surface area contributed by atoms with Gasteiger partial charge in [-0.1, -0.05) is 74.8 Å². The Labute approximate surface area is 153 Å². The van der Waals surface area contributed by atoms with Crippen molar-refractivity contribution in [2.24, 2.45) is 5.41 Å². The quantitative estimate of drug-likeness (QED) is 0.802. The molecule has 0 amide bonds. The number of hydrogen-bond donors (Lipinski definition) is 1. The Morgan fingerprint density at radius 3 is 2.24 bits per heavy atom. The molecule has 2 nitrogen and oxygen atoms in total. The minimum Gasteiger partial charge on any atom is -0.373 e. The van der Waals surface area contributed by atoms with E-state index in [2.05, 4.69) is 35.8 Å². The molecule has 2 aliphatic rings. The van der Waals surface area contributed by atoms with Crippen molar-refractivity contribution in [1.82, 2.24) is 4.90 Å². The Bertz CT molecular complexity index is 586. The molecule has 1 aromatic carbocycles. The van der Waals surface area contributed by atoms with E-state index in [-0.39, 0.29) is 5.41 Å². The summed E-state index contributed by atoms with van der Waals surface area (Å²) < 4.78 is 0. The van der Waals surface area contributed by atoms with Gasteiger partial charge in [0.05, 0.1) is 6.54 Å². The summed E-state index contributed by atoms with van der Waals surface area (Å²) in [5, 5.41) is 11.8. The van der Waals surface area contributed by atoms with E-state index in [9.17, 15) is 5.11 Å². The molecule has 1 aliphatic heterocycles. The zero-order chi connectivity index (χ0) is 17.6. The highest BCUT2D eigenvalue weighted by atomic mass is 16.3. The van der Waals surface area contributed by atoms with E-state index in [4.69, 9.17) is 0 Å². The minimum atomic E-state index is -1.02. The Hall–Kier alpha value is -1.30. The Kier molecular flexibility index (Phi) is 6.20. The molecule has 2 heteroatoms. The standard InChI is InChI=1S/C23H33NO/c1-2-22(15-8-9-16-22)23(25,21-13-6-5-7-14-21)17-12-20-24-18-10-3-4-11-19-24/h5-7,13-14,25H,2-4,8-11,15-16,18-20H2,1H3. The summed E-state index contributed by atoms with van der Waals surface area (Å²) in [6.07, 6.45) is 10.8. The van der Waals surface area contributed by atoms with Gasteiger partial charge < -0.3 is 5.11 Å². The van der Waals surface area contributed by atoms with Crippen LogP contribution in [0.5, 0.6) is 0 Å². The van der Waals surface area contributed by atoms with Crippen molar-refractivity contribution < 1.29 is 5.11 Å². The van der Waals surface area contributed by atoms with Gasteiger partial charge in [0.25, 0.3) is 0 Å². The smallest absolute Gasteiger partial charge is 0.156 e. The second-order valence-corrected chi connectivity index (χ2v) is 7.91. The van der Waals surface area contributed by atoms with Crippen molar-refractivity contribution in [1.29, 1.82) is 0 Å². The van der Waals surface area contributed by atoms with E-state index in [1.807, 2.05) is 18.2 Å². The molecule has 1 aliphatic carbocycles. The lowest BCUT2D eigenvalue weighted by Gasteiger charge is -2.42. The van der Waals surface area contributed by atoms with Crippen LogP contribution in [0.2, 0.25) is 0 Å². The second kappa shape index (κ2) is 8.39. The molecule has 0 aromatic heterocycles. The van der Waals surface area contributed by atoms with Crippen molar-refractivity contribution in [3.05, 3.63) is 35.9 Å². The summed E-state index contributed by atoms with van der Waals surface area (Å²) in [4.78, 5) is 2.46. The van der Waals surface area contributed by atoms with E-state index in [1.54, 1.807) is 0 Å². The van der Waals surface area contributed by atoms with Crippen LogP contribution >= 0.6 is 0 Å². The van der Waals surface area contributed by atoms with E-state index in [0.29, 0.717) is 0 Å². The molecule has 0 bridgehead atoms. The first-order valence-corrected chi connectivity index (χ1v) is 10.2. The highest BCUT2D eigenvalue weighted by Gasteiger charge is 2.50. The van der Waals surface area contributed by atoms with E-state index in [0.717, 1.165) is 44.5 Å². The largest absolute Gasteiger partial charge is 0.373 e. The zero-order valence-electron chi connectivity index (χ0n) is 15.8. The normalized spacial score (nSPS) is 23.3. The van der Waals surface area contributed by atoms with Crippen LogP contribution in [0.4, 0.5) is 0 Å². The predicted molar refractivity (Wildman–Crippen MR) is 104 cm³/mol. The number of nitrogens with zero attached hydrogens (tertiary/aromatic N) is 1. The minimum absolute atomic E-state index is 0.0971. The van der Waals surface area contributed by atoms with Crippen LogP contribution in [-0.2, 0) is 5.60 Å². The maximum Gasteiger partial charge on any atom is 0.156 e. The molecule has 1 unspecified atom stereocenters. The van der Waals surface area contributed by atoms with Gasteiger partial charge >= 0.3 is 0 Å². The molecule has 0 radical (unpaired) electrons. The lowest BCUT2D eigenvalue weighted by Crippen LogP contribution is -2.43. The van der Waals surface area contributed by atoms with Crippen LogP contribution in [0.15, 0.2) is 30.3 Å². The summed E-state index contributed by atoms with van der Waals surface area (Å²) in [7, 11) is 0. The van der Waals surface area contributed by atoms with Gasteiger partial charge in [0.2, 0.25) is 0 Å². The van der Waals surface area contributed by atoms with Crippen LogP contribution in [-0.4, -0.2) is 29.6 Å². The molecular formula is C23H33NO. The van der Waals surface area contributed by atoms with Crippen molar-refractivity contribution in [3.8, 4) is 11.8 Å². The maximum atomic E-state index is 11.8. The molecule has 1 saturated carbocycles. The molecule has 1 heterocycles. The summed E-state index contributed by atoms with van der Waals surface area (Å²) in [6, 6.07) is 10.2. The lowest BCUT2D eigenvalue weighted by molar-refractivity contribution is -0.0422. The molecular weight excluding hydrogens is 306 g/mol. The van der Waals surface area contributed by atoms with Crippen molar-refractivity contribution in [2.75, 3.05) is 19.6 Å². The molecule has 1 N–H and O–H groups in total. The first-order chi connectivity index (χ1) is 12.2. The van der Waals surface area contributed by atoms with Crippen LogP contribution < -0.4 is 0 Å². The van der Waals surface area contributed by atoms with Crippen LogP contribution in [0.1, 0.15) is 70.3 Å². The van der Waals surface area contributed by atoms with Gasteiger partial charge in [-0.05, 0) is 50.8 Å². The van der Waals surface area contributed by atoms with Crippen LogP contribution in [0, 0.1) is 17.3 Å². The van der Waals surface area contributed by atoms with Crippen LogP contribution in [0.25, 0.3) is 0 Å². The van der Waals surface area contributed by atoms with E-state index < -0.39 is 5.60 Å². The summed E-state index contributed by atoms with van der Waals surface area (Å²) >= 11 is 0. The van der Waals surface area contributed by atoms with Gasteiger partial charge in [-0.2, -0.15) is 0 Å². The molecule has 25 heavy (non-hydrogen) atoms. The Morgan fingerprint density at radius 1 is 1.00 bits per heavy atom. The number of rotatable bonds is 4. The molecule has 2 fully saturated rings. The highest BCUT2D eigenvalue weighted by molar-refractivity contribution is 5.36. The molecule has 1 saturated heterocycles. The van der Waals surface area contributed by atoms with E-state index in [1.165, 1.54) is 38.5 Å². The van der Waals surface area contributed by atoms with Gasteiger partial charge in [0, 0.05) is 5.41 Å². The van der Waals surface area contributed by atoms with E-state index >= 15 is 0 Å². The highest BCUT2D eigenvalue weighted by Crippen LogP contribution is 2.53. The fourth-order valence-electron chi connectivity index (χ4n) is 4.79. The third-order valence-electron chi connectivity index (χ3n) is 6.47. The predicted octanol–water partition coefficient (Wildman–Crippen LogP) is 4.72. The summed E-state index contributed by atoms with van der Waals surface area (Å²) in [5.74, 6) is 6.76. The molecule has 136 valence electrons. The average molecular weight is 340 g/mol. The average Bonchev–Trinajstić information content (AvgIpc) is 3.01. The third-order valence-corrected chi connectivity index (χ3v) is 6.47. The van der Waals surface area contributed by atoms with Crippen LogP contribution in [0.3, 0.4) is 0 Å². The lowest BCUT2D eigenvalue weighted by atomic mass is 9.65. The van der Waals surface area contributed by atoms with Crippen molar-refractivity contribution >= 4 is 0 Å². The number of hydrogen-bond acceptors (Lipinski definition) is 2. The monoisotopic (exact) mass is 339 g/mol. The third kappa shape index (κ3) is 3.94. The fourth-order valence-corrected chi connectivity index (χ4v) is 4.79. The van der Waals surface area contributed by atoms with Crippen molar-refractivity contribution in [3.63, 3.8) is 0 Å². The fraction of sp³-hybridized carbons (Fsp3) is 0.652. The summed E-state index contributed by atoms with van der Waals surface area (Å²) in [5.41, 5.74) is -0.145. The Morgan fingerprint density at radius 2 is 1.64 bits per heavy atom. The van der Waals surface area contributed by atoms with Crippen molar-refractivity contribution in [2.45, 2.75) is 70.3 Å². The number of likely N-dealkylation sites (tertiary alicyclic amines) is 1. The number of benzene rings is 1. The molecule has 1 atom stereocenters. The van der Waals surface area contributed by atoms with Gasteiger partial charge in [-0.3, -0.25) is 4.90 Å². The maximum absolute atomic E-state index is 11.8. The number of aliphatic hydroxyl groups is 1.